The van der Waals surface area contributed by atoms with E-state index in [1.54, 1.807) is 11.3 Å². The van der Waals surface area contributed by atoms with Crippen LogP contribution >= 0.6 is 22.9 Å². The fourth-order valence-corrected chi connectivity index (χ4v) is 2.76. The van der Waals surface area contributed by atoms with E-state index in [0.29, 0.717) is 12.1 Å². The summed E-state index contributed by atoms with van der Waals surface area (Å²) in [5.74, 6) is -0.0529. The first-order valence-corrected chi connectivity index (χ1v) is 7.68. The maximum atomic E-state index is 11.9. The Kier molecular flexibility index (Phi) is 5.04. The number of carbonyl (C=O) groups is 1. The molecule has 106 valence electrons. The molecule has 0 radical (unpaired) electrons. The van der Waals surface area contributed by atoms with Crippen LogP contribution in [0.15, 0.2) is 35.7 Å². The molecule has 20 heavy (non-hydrogen) atoms. The van der Waals surface area contributed by atoms with Gasteiger partial charge >= 0.3 is 0 Å². The highest BCUT2D eigenvalue weighted by molar-refractivity contribution is 7.10. The monoisotopic (exact) mass is 308 g/mol. The zero-order chi connectivity index (χ0) is 14.5. The molecule has 0 spiro atoms. The van der Waals surface area contributed by atoms with Crippen molar-refractivity contribution < 1.29 is 4.79 Å². The van der Waals surface area contributed by atoms with E-state index in [-0.39, 0.29) is 11.9 Å². The summed E-state index contributed by atoms with van der Waals surface area (Å²) >= 11 is 7.50. The molecule has 2 rings (SSSR count). The minimum absolute atomic E-state index is 0.0529. The van der Waals surface area contributed by atoms with Crippen LogP contribution in [0.5, 0.6) is 0 Å². The van der Waals surface area contributed by atoms with Gasteiger partial charge in [-0.1, -0.05) is 17.7 Å². The van der Waals surface area contributed by atoms with Crippen LogP contribution in [0.2, 0.25) is 5.02 Å². The summed E-state index contributed by atoms with van der Waals surface area (Å²) in [6.07, 6.45) is 0. The summed E-state index contributed by atoms with van der Waals surface area (Å²) in [5, 5.41) is 8.84. The van der Waals surface area contributed by atoms with Gasteiger partial charge in [0.05, 0.1) is 5.02 Å². The third-order valence-corrected chi connectivity index (χ3v) is 3.92. The second-order valence-corrected chi connectivity index (χ2v) is 6.23. The number of benzene rings is 1. The molecule has 1 aromatic heterocycles. The summed E-state index contributed by atoms with van der Waals surface area (Å²) in [5.41, 5.74) is 1.58. The molecule has 0 aliphatic heterocycles. The maximum absolute atomic E-state index is 11.9. The minimum Gasteiger partial charge on any atom is -0.380 e. The molecule has 1 aromatic carbocycles. The van der Waals surface area contributed by atoms with E-state index < -0.39 is 0 Å². The normalized spacial score (nSPS) is 10.6. The third-order valence-electron chi connectivity index (χ3n) is 2.63. The first-order chi connectivity index (χ1) is 9.54. The SMILES string of the molecule is CC(C)NC(=O)c1cccc(NCc2cc(Cl)cs2)c1. The molecule has 1 amide bonds. The van der Waals surface area contributed by atoms with Gasteiger partial charge in [0, 0.05) is 34.1 Å². The van der Waals surface area contributed by atoms with Crippen LogP contribution in [0.25, 0.3) is 0 Å². The van der Waals surface area contributed by atoms with Crippen molar-refractivity contribution in [3.05, 3.63) is 51.2 Å². The molecule has 0 saturated carbocycles. The summed E-state index contributed by atoms with van der Waals surface area (Å²) in [7, 11) is 0. The average Bonchev–Trinajstić information content (AvgIpc) is 2.82. The van der Waals surface area contributed by atoms with Crippen molar-refractivity contribution in [3.63, 3.8) is 0 Å². The number of nitrogens with one attached hydrogen (secondary N) is 2. The van der Waals surface area contributed by atoms with Gasteiger partial charge in [-0.2, -0.15) is 0 Å². The van der Waals surface area contributed by atoms with Crippen LogP contribution in [-0.4, -0.2) is 11.9 Å². The molecule has 5 heteroatoms. The number of hydrogen-bond acceptors (Lipinski definition) is 3. The van der Waals surface area contributed by atoms with E-state index in [2.05, 4.69) is 10.6 Å². The van der Waals surface area contributed by atoms with Gasteiger partial charge in [0.15, 0.2) is 0 Å². The van der Waals surface area contributed by atoms with Gasteiger partial charge in [-0.15, -0.1) is 11.3 Å². The summed E-state index contributed by atoms with van der Waals surface area (Å²) in [6, 6.07) is 9.56. The van der Waals surface area contributed by atoms with E-state index in [4.69, 9.17) is 11.6 Å². The highest BCUT2D eigenvalue weighted by Crippen LogP contribution is 2.20. The fourth-order valence-electron chi connectivity index (χ4n) is 1.75. The zero-order valence-corrected chi connectivity index (χ0v) is 13.0. The molecular formula is C15H17ClN2OS. The van der Waals surface area contributed by atoms with E-state index in [1.807, 2.05) is 49.6 Å². The van der Waals surface area contributed by atoms with Crippen LogP contribution in [0, 0.1) is 0 Å². The highest BCUT2D eigenvalue weighted by Gasteiger charge is 2.07. The molecule has 1 heterocycles. The molecule has 0 unspecified atom stereocenters. The lowest BCUT2D eigenvalue weighted by Crippen LogP contribution is -2.30. The number of anilines is 1. The van der Waals surface area contributed by atoms with Crippen molar-refractivity contribution >= 4 is 34.5 Å². The van der Waals surface area contributed by atoms with Crippen LogP contribution in [0.1, 0.15) is 29.1 Å². The van der Waals surface area contributed by atoms with Gasteiger partial charge in [0.25, 0.3) is 5.91 Å². The lowest BCUT2D eigenvalue weighted by atomic mass is 10.1. The Hall–Kier alpha value is -1.52. The number of rotatable bonds is 5. The van der Waals surface area contributed by atoms with E-state index in [1.165, 1.54) is 0 Å². The summed E-state index contributed by atoms with van der Waals surface area (Å²) < 4.78 is 0. The fraction of sp³-hybridized carbons (Fsp3) is 0.267. The van der Waals surface area contributed by atoms with Crippen molar-refractivity contribution in [2.24, 2.45) is 0 Å². The van der Waals surface area contributed by atoms with E-state index in [0.717, 1.165) is 15.6 Å². The van der Waals surface area contributed by atoms with Crippen LogP contribution in [0.3, 0.4) is 0 Å². The first-order valence-electron chi connectivity index (χ1n) is 6.42. The first kappa shape index (κ1) is 14.9. The molecule has 0 atom stereocenters. The van der Waals surface area contributed by atoms with Crippen molar-refractivity contribution in [2.45, 2.75) is 26.4 Å². The lowest BCUT2D eigenvalue weighted by molar-refractivity contribution is 0.0943. The van der Waals surface area contributed by atoms with E-state index in [9.17, 15) is 4.79 Å². The molecule has 0 bridgehead atoms. The largest absolute Gasteiger partial charge is 0.380 e. The summed E-state index contributed by atoms with van der Waals surface area (Å²) in [4.78, 5) is 13.1. The predicted octanol–water partition coefficient (Wildman–Crippen LogP) is 4.15. The van der Waals surface area contributed by atoms with Crippen LogP contribution in [0.4, 0.5) is 5.69 Å². The Morgan fingerprint density at radius 1 is 1.35 bits per heavy atom. The molecule has 0 aliphatic carbocycles. The third kappa shape index (κ3) is 4.25. The Balaban J connectivity index is 2.00. The number of amides is 1. The number of thiophene rings is 1. The second-order valence-electron chi connectivity index (χ2n) is 4.79. The smallest absolute Gasteiger partial charge is 0.251 e. The van der Waals surface area contributed by atoms with Gasteiger partial charge in [0.2, 0.25) is 0 Å². The van der Waals surface area contributed by atoms with Crippen molar-refractivity contribution in [2.75, 3.05) is 5.32 Å². The van der Waals surface area contributed by atoms with Gasteiger partial charge in [0.1, 0.15) is 0 Å². The Bertz CT molecular complexity index is 595. The molecule has 3 nitrogen and oxygen atoms in total. The van der Waals surface area contributed by atoms with Crippen molar-refractivity contribution in [3.8, 4) is 0 Å². The molecular weight excluding hydrogens is 292 g/mol. The van der Waals surface area contributed by atoms with Crippen LogP contribution < -0.4 is 10.6 Å². The van der Waals surface area contributed by atoms with E-state index >= 15 is 0 Å². The molecule has 0 fully saturated rings. The standard InChI is InChI=1S/C15H17ClN2OS/c1-10(2)18-15(19)11-4-3-5-13(6-11)17-8-14-7-12(16)9-20-14/h3-7,9-10,17H,8H2,1-2H3,(H,18,19). The quantitative estimate of drug-likeness (QED) is 0.871. The number of carbonyl (C=O) groups excluding carboxylic acids is 1. The van der Waals surface area contributed by atoms with Gasteiger partial charge in [-0.3, -0.25) is 4.79 Å². The number of hydrogen-bond donors (Lipinski definition) is 2. The number of halogens is 1. The topological polar surface area (TPSA) is 41.1 Å². The molecule has 2 N–H and O–H groups in total. The molecule has 0 saturated heterocycles. The maximum Gasteiger partial charge on any atom is 0.251 e. The van der Waals surface area contributed by atoms with Gasteiger partial charge in [-0.05, 0) is 38.1 Å². The van der Waals surface area contributed by atoms with Crippen molar-refractivity contribution in [1.29, 1.82) is 0 Å². The van der Waals surface area contributed by atoms with Crippen molar-refractivity contribution in [1.82, 2.24) is 5.32 Å². The van der Waals surface area contributed by atoms with Crippen LogP contribution in [-0.2, 0) is 6.54 Å². The Morgan fingerprint density at radius 2 is 2.15 bits per heavy atom. The van der Waals surface area contributed by atoms with Gasteiger partial charge < -0.3 is 10.6 Å². The second kappa shape index (κ2) is 6.77. The predicted molar refractivity (Wildman–Crippen MR) is 85.7 cm³/mol. The Labute approximate surface area is 128 Å². The zero-order valence-electron chi connectivity index (χ0n) is 11.4. The minimum atomic E-state index is -0.0529. The van der Waals surface area contributed by atoms with Gasteiger partial charge in [-0.25, -0.2) is 0 Å². The lowest BCUT2D eigenvalue weighted by Gasteiger charge is -2.10. The highest BCUT2D eigenvalue weighted by atomic mass is 35.5. The summed E-state index contributed by atoms with van der Waals surface area (Å²) in [6.45, 7) is 4.59. The molecule has 0 aliphatic rings. The molecule has 2 aromatic rings. The average molecular weight is 309 g/mol. The Morgan fingerprint density at radius 3 is 2.80 bits per heavy atom.